The zero-order valence-electron chi connectivity index (χ0n) is 28.6. The van der Waals surface area contributed by atoms with Gasteiger partial charge in [-0.1, -0.05) is 126 Å². The number of hydrogen-bond donors (Lipinski definition) is 0. The molecule has 6 heteroatoms. The zero-order chi connectivity index (χ0) is 33.6. The molecule has 6 aromatic rings. The number of para-hydroxylation sites is 2. The molecule has 0 heterocycles. The van der Waals surface area contributed by atoms with E-state index in [0.717, 1.165) is 79.6 Å². The van der Waals surface area contributed by atoms with Crippen LogP contribution >= 0.6 is 18.1 Å². The molecule has 0 aliphatic heterocycles. The largest absolute Gasteiger partial charge is 0.440 e. The number of aryl methyl sites for hydroxylation is 2. The van der Waals surface area contributed by atoms with Gasteiger partial charge in [0.2, 0.25) is 0 Å². The highest BCUT2D eigenvalue weighted by atomic mass is 31.1. The van der Waals surface area contributed by atoms with Crippen molar-refractivity contribution in [3.8, 4) is 34.1 Å². The predicted octanol–water partition coefficient (Wildman–Crippen LogP) is 13.0. The highest BCUT2D eigenvalue weighted by Gasteiger charge is 2.25. The van der Waals surface area contributed by atoms with Crippen LogP contribution in [-0.4, -0.2) is 0 Å². The minimum absolute atomic E-state index is 0.226. The Hall–Kier alpha value is -4.10. The smallest absolute Gasteiger partial charge is 0.275 e. The monoisotopic (exact) mass is 674 g/mol. The van der Waals surface area contributed by atoms with Gasteiger partial charge in [-0.2, -0.15) is 0 Å². The Morgan fingerprint density at radius 3 is 1.25 bits per heavy atom. The quantitative estimate of drug-likeness (QED) is 0.114. The second-order valence-corrected chi connectivity index (χ2v) is 13.7. The van der Waals surface area contributed by atoms with E-state index in [1.165, 1.54) is 11.1 Å². The summed E-state index contributed by atoms with van der Waals surface area (Å²) < 4.78 is 26.3. The van der Waals surface area contributed by atoms with Crippen molar-refractivity contribution in [2.24, 2.45) is 0 Å². The van der Waals surface area contributed by atoms with Crippen molar-refractivity contribution in [1.82, 2.24) is 0 Å². The summed E-state index contributed by atoms with van der Waals surface area (Å²) in [6, 6.07) is 38.1. The number of benzene rings is 6. The lowest BCUT2D eigenvalue weighted by Crippen LogP contribution is -2.00. The van der Waals surface area contributed by atoms with Gasteiger partial charge < -0.3 is 18.1 Å². The van der Waals surface area contributed by atoms with Crippen LogP contribution < -0.4 is 18.1 Å². The molecule has 246 valence electrons. The Balaban J connectivity index is 1.50. The predicted molar refractivity (Wildman–Crippen MR) is 206 cm³/mol. The van der Waals surface area contributed by atoms with Gasteiger partial charge in [-0.3, -0.25) is 0 Å². The van der Waals surface area contributed by atoms with Crippen molar-refractivity contribution in [3.63, 3.8) is 0 Å². The average molecular weight is 675 g/mol. The van der Waals surface area contributed by atoms with Crippen LogP contribution in [0.1, 0.15) is 75.6 Å². The maximum Gasteiger partial charge on any atom is 0.275 e. The van der Waals surface area contributed by atoms with Gasteiger partial charge in [0.05, 0.1) is 0 Å². The summed E-state index contributed by atoms with van der Waals surface area (Å²) in [4.78, 5) is 0. The van der Waals surface area contributed by atoms with E-state index in [0.29, 0.717) is 11.8 Å². The number of hydrogen-bond acceptors (Lipinski definition) is 4. The molecule has 48 heavy (non-hydrogen) atoms. The van der Waals surface area contributed by atoms with Crippen molar-refractivity contribution >= 4 is 39.6 Å². The average Bonchev–Trinajstić information content (AvgIpc) is 3.11. The van der Waals surface area contributed by atoms with Crippen LogP contribution in [0.3, 0.4) is 0 Å². The molecule has 0 bridgehead atoms. The Bertz CT molecular complexity index is 1890. The molecule has 0 aromatic heterocycles. The molecule has 0 aliphatic rings. The Morgan fingerprint density at radius 1 is 0.479 bits per heavy atom. The van der Waals surface area contributed by atoms with Crippen molar-refractivity contribution < 1.29 is 18.1 Å². The van der Waals surface area contributed by atoms with Crippen LogP contribution in [-0.2, 0) is 12.8 Å². The lowest BCUT2D eigenvalue weighted by atomic mass is 9.88. The van der Waals surface area contributed by atoms with Gasteiger partial charge in [0, 0.05) is 11.1 Å². The topological polar surface area (TPSA) is 36.9 Å². The molecule has 0 aliphatic carbocycles. The lowest BCUT2D eigenvalue weighted by Gasteiger charge is -2.23. The van der Waals surface area contributed by atoms with E-state index in [1.807, 2.05) is 24.3 Å². The second kappa shape index (κ2) is 15.4. The third-order valence-corrected chi connectivity index (χ3v) is 10.0. The zero-order valence-corrected chi connectivity index (χ0v) is 30.6. The maximum atomic E-state index is 6.77. The fourth-order valence-electron chi connectivity index (χ4n) is 6.34. The fourth-order valence-corrected chi connectivity index (χ4v) is 7.61. The first-order chi connectivity index (χ1) is 23.4. The number of fused-ring (bicyclic) bond motifs is 2. The fraction of sp³-hybridized carbons (Fsp3) is 0.238. The van der Waals surface area contributed by atoms with Gasteiger partial charge in [0.15, 0.2) is 0 Å². The molecule has 4 nitrogen and oxygen atoms in total. The summed E-state index contributed by atoms with van der Waals surface area (Å²) in [5.74, 6) is 4.05. The second-order valence-electron chi connectivity index (χ2n) is 12.6. The van der Waals surface area contributed by atoms with E-state index in [4.69, 9.17) is 18.1 Å². The van der Waals surface area contributed by atoms with Crippen LogP contribution in [0.4, 0.5) is 0 Å². The van der Waals surface area contributed by atoms with Crippen LogP contribution in [0.25, 0.3) is 32.7 Å². The maximum absolute atomic E-state index is 6.77. The first-order valence-electron chi connectivity index (χ1n) is 16.9. The molecule has 0 radical (unpaired) electrons. The molecule has 0 fully saturated rings. The van der Waals surface area contributed by atoms with Crippen molar-refractivity contribution in [2.45, 2.75) is 66.2 Å². The van der Waals surface area contributed by atoms with Gasteiger partial charge in [-0.25, -0.2) is 0 Å². The first-order valence-corrected chi connectivity index (χ1v) is 18.5. The SMILES string of the molecule is CCc1cc2ccccc2c(-c2c(OPOc3ccccc3C(C)C)c(CC)cc3ccccc23)c1OPOc1ccccc1C(C)C. The van der Waals surface area contributed by atoms with E-state index < -0.39 is 0 Å². The highest BCUT2D eigenvalue weighted by molar-refractivity contribution is 7.27. The van der Waals surface area contributed by atoms with E-state index in [-0.39, 0.29) is 18.1 Å². The van der Waals surface area contributed by atoms with Gasteiger partial charge in [-0.15, -0.1) is 0 Å². The molecule has 2 atom stereocenters. The summed E-state index contributed by atoms with van der Waals surface area (Å²) in [6.45, 7) is 13.1. The van der Waals surface area contributed by atoms with E-state index in [1.54, 1.807) is 0 Å². The first kappa shape index (κ1) is 33.8. The van der Waals surface area contributed by atoms with E-state index in [2.05, 4.69) is 126 Å². The normalized spacial score (nSPS) is 11.9. The van der Waals surface area contributed by atoms with E-state index in [9.17, 15) is 0 Å². The van der Waals surface area contributed by atoms with Crippen molar-refractivity contribution in [1.29, 1.82) is 0 Å². The summed E-state index contributed by atoms with van der Waals surface area (Å²) in [5.41, 5.74) is 6.62. The Labute approximate surface area is 288 Å². The van der Waals surface area contributed by atoms with Gasteiger partial charge in [-0.05, 0) is 92.7 Å². The Kier molecular flexibility index (Phi) is 10.9. The number of rotatable bonds is 13. The van der Waals surface area contributed by atoms with E-state index >= 15 is 0 Å². The molecule has 0 saturated carbocycles. The van der Waals surface area contributed by atoms with Crippen LogP contribution in [0.15, 0.2) is 109 Å². The lowest BCUT2D eigenvalue weighted by molar-refractivity contribution is 0.503. The molecular weight excluding hydrogens is 630 g/mol. The minimum Gasteiger partial charge on any atom is -0.440 e. The molecule has 0 saturated heterocycles. The van der Waals surface area contributed by atoms with Crippen molar-refractivity contribution in [2.75, 3.05) is 0 Å². The van der Waals surface area contributed by atoms with Gasteiger partial charge >= 0.3 is 0 Å². The summed E-state index contributed by atoms with van der Waals surface area (Å²) >= 11 is 0. The molecule has 0 spiro atoms. The molecule has 6 aromatic carbocycles. The summed E-state index contributed by atoms with van der Waals surface area (Å²) in [6.07, 6.45) is 1.61. The van der Waals surface area contributed by atoms with Crippen LogP contribution in [0, 0.1) is 0 Å². The standard InChI is InChI=1S/C42H44O4P2/c1-7-29-25-31-17-9-11-21-35(31)39(41(29)45-47-43-37-23-15-13-19-33(37)27(3)4)40-36-22-12-10-18-32(36)26-30(8-2)42(40)46-48-44-38-24-16-14-20-34(38)28(5)6/h9-28,47-48H,7-8H2,1-6H3. The van der Waals surface area contributed by atoms with Crippen LogP contribution in [0.2, 0.25) is 0 Å². The minimum atomic E-state index is -0.226. The van der Waals surface area contributed by atoms with Crippen LogP contribution in [0.5, 0.6) is 23.0 Å². The third-order valence-electron chi connectivity index (χ3n) is 8.84. The third kappa shape index (κ3) is 7.02. The van der Waals surface area contributed by atoms with Gasteiger partial charge in [0.1, 0.15) is 23.0 Å². The summed E-state index contributed by atoms with van der Waals surface area (Å²) in [5, 5.41) is 4.53. The molecule has 2 unspecified atom stereocenters. The van der Waals surface area contributed by atoms with Crippen molar-refractivity contribution in [3.05, 3.63) is 131 Å². The van der Waals surface area contributed by atoms with Gasteiger partial charge in [0.25, 0.3) is 18.1 Å². The molecule has 0 amide bonds. The summed E-state index contributed by atoms with van der Waals surface area (Å²) in [7, 11) is -0.453. The molecule has 0 N–H and O–H groups in total. The molecular formula is C42H44O4P2. The highest BCUT2D eigenvalue weighted by Crippen LogP contribution is 2.51. The Morgan fingerprint density at radius 2 is 0.854 bits per heavy atom. The molecule has 6 rings (SSSR count).